The van der Waals surface area contributed by atoms with E-state index in [9.17, 15) is 0 Å². The third-order valence-electron chi connectivity index (χ3n) is 2.38. The molecule has 1 aliphatic rings. The molecular formula is C11H16BrN3O2. The van der Waals surface area contributed by atoms with Crippen LogP contribution in [0.25, 0.3) is 0 Å². The summed E-state index contributed by atoms with van der Waals surface area (Å²) < 4.78 is 12.0. The summed E-state index contributed by atoms with van der Waals surface area (Å²) in [6.07, 6.45) is 0.0547. The molecule has 0 bridgehead atoms. The monoisotopic (exact) mass is 301 g/mol. The van der Waals surface area contributed by atoms with Gasteiger partial charge in [-0.25, -0.2) is 9.97 Å². The van der Waals surface area contributed by atoms with Crippen LogP contribution in [0.15, 0.2) is 10.7 Å². The number of nitrogens with zero attached hydrogens (tertiary/aromatic N) is 2. The number of halogens is 1. The lowest BCUT2D eigenvalue weighted by Crippen LogP contribution is -2.26. The Hall–Kier alpha value is -0.720. The third kappa shape index (κ3) is 3.62. The summed E-state index contributed by atoms with van der Waals surface area (Å²) in [5, 5.41) is 3.22. The van der Waals surface area contributed by atoms with E-state index < -0.39 is 5.79 Å². The zero-order chi connectivity index (χ0) is 12.5. The Kier molecular flexibility index (Phi) is 3.65. The lowest BCUT2D eigenvalue weighted by atomic mass is 10.3. The Morgan fingerprint density at radius 2 is 2.29 bits per heavy atom. The van der Waals surface area contributed by atoms with Gasteiger partial charge in [-0.3, -0.25) is 0 Å². The summed E-state index contributed by atoms with van der Waals surface area (Å²) in [6, 6.07) is 1.84. The van der Waals surface area contributed by atoms with Gasteiger partial charge in [0.1, 0.15) is 22.3 Å². The van der Waals surface area contributed by atoms with Crippen LogP contribution < -0.4 is 5.32 Å². The molecule has 0 amide bonds. The lowest BCUT2D eigenvalue weighted by Gasteiger charge is -2.17. The van der Waals surface area contributed by atoms with Crippen LogP contribution in [0.3, 0.4) is 0 Å². The minimum absolute atomic E-state index is 0.0547. The summed E-state index contributed by atoms with van der Waals surface area (Å²) in [5.74, 6) is 1.04. The van der Waals surface area contributed by atoms with E-state index in [1.165, 1.54) is 0 Å². The molecule has 1 aromatic rings. The van der Waals surface area contributed by atoms with Gasteiger partial charge in [0.05, 0.1) is 6.61 Å². The average Bonchev–Trinajstić information content (AvgIpc) is 2.54. The van der Waals surface area contributed by atoms with Gasteiger partial charge in [0, 0.05) is 12.6 Å². The van der Waals surface area contributed by atoms with Crippen LogP contribution in [0.5, 0.6) is 0 Å². The van der Waals surface area contributed by atoms with Crippen LogP contribution in [0.2, 0.25) is 0 Å². The molecule has 0 saturated carbocycles. The van der Waals surface area contributed by atoms with Crippen molar-refractivity contribution in [2.45, 2.75) is 32.7 Å². The molecule has 0 spiro atoms. The quantitative estimate of drug-likeness (QED) is 0.867. The smallest absolute Gasteiger partial charge is 0.163 e. The van der Waals surface area contributed by atoms with Crippen molar-refractivity contribution < 1.29 is 9.47 Å². The first-order valence-electron chi connectivity index (χ1n) is 5.51. The van der Waals surface area contributed by atoms with Crippen molar-refractivity contribution in [2.75, 3.05) is 18.5 Å². The van der Waals surface area contributed by atoms with Gasteiger partial charge in [-0.05, 0) is 36.7 Å². The van der Waals surface area contributed by atoms with Crippen molar-refractivity contribution in [3.05, 3.63) is 16.5 Å². The highest BCUT2D eigenvalue weighted by molar-refractivity contribution is 9.10. The van der Waals surface area contributed by atoms with E-state index in [-0.39, 0.29) is 6.10 Å². The minimum atomic E-state index is -0.478. The molecule has 1 N–H and O–H groups in total. The first kappa shape index (κ1) is 12.7. The first-order valence-corrected chi connectivity index (χ1v) is 6.31. The highest BCUT2D eigenvalue weighted by Crippen LogP contribution is 2.22. The molecular weight excluding hydrogens is 286 g/mol. The zero-order valence-electron chi connectivity index (χ0n) is 10.2. The zero-order valence-corrected chi connectivity index (χ0v) is 11.7. The molecule has 1 aliphatic heterocycles. The number of aryl methyl sites for hydroxylation is 1. The molecule has 94 valence electrons. The molecule has 1 fully saturated rings. The van der Waals surface area contributed by atoms with Gasteiger partial charge in [-0.2, -0.15) is 0 Å². The average molecular weight is 302 g/mol. The summed E-state index contributed by atoms with van der Waals surface area (Å²) in [5.41, 5.74) is 0. The molecule has 1 atom stereocenters. The second-order valence-electron chi connectivity index (χ2n) is 4.45. The van der Waals surface area contributed by atoms with E-state index in [2.05, 4.69) is 31.2 Å². The standard InChI is InChI=1S/C11H16BrN3O2/c1-7-14-9(12)4-10(15-7)13-5-8-6-16-11(2,3)17-8/h4,8H,5-6H2,1-3H3,(H,13,14,15). The van der Waals surface area contributed by atoms with Gasteiger partial charge in [-0.1, -0.05) is 0 Å². The fourth-order valence-corrected chi connectivity index (χ4v) is 2.18. The maximum Gasteiger partial charge on any atom is 0.163 e. The number of hydrogen-bond donors (Lipinski definition) is 1. The second kappa shape index (κ2) is 4.88. The van der Waals surface area contributed by atoms with Crippen molar-refractivity contribution in [1.82, 2.24) is 9.97 Å². The predicted octanol–water partition coefficient (Wildman–Crippen LogP) is 2.11. The molecule has 0 aromatic carbocycles. The largest absolute Gasteiger partial charge is 0.367 e. The van der Waals surface area contributed by atoms with E-state index in [0.29, 0.717) is 13.2 Å². The summed E-state index contributed by atoms with van der Waals surface area (Å²) in [4.78, 5) is 8.43. The van der Waals surface area contributed by atoms with Crippen LogP contribution in [0, 0.1) is 6.92 Å². The molecule has 2 rings (SSSR count). The van der Waals surface area contributed by atoms with Crippen LogP contribution in [-0.4, -0.2) is 35.0 Å². The molecule has 0 radical (unpaired) electrons. The predicted molar refractivity (Wildman–Crippen MR) is 67.9 cm³/mol. The van der Waals surface area contributed by atoms with Crippen molar-refractivity contribution in [3.63, 3.8) is 0 Å². The Morgan fingerprint density at radius 3 is 2.88 bits per heavy atom. The topological polar surface area (TPSA) is 56.3 Å². The number of rotatable bonds is 3. The van der Waals surface area contributed by atoms with Crippen molar-refractivity contribution in [2.24, 2.45) is 0 Å². The second-order valence-corrected chi connectivity index (χ2v) is 5.27. The van der Waals surface area contributed by atoms with E-state index in [1.54, 1.807) is 0 Å². The van der Waals surface area contributed by atoms with Gasteiger partial charge in [0.25, 0.3) is 0 Å². The number of anilines is 1. The normalized spacial score (nSPS) is 22.7. The minimum Gasteiger partial charge on any atom is -0.367 e. The Labute approximate surface area is 109 Å². The third-order valence-corrected chi connectivity index (χ3v) is 2.79. The first-order chi connectivity index (χ1) is 7.94. The highest BCUT2D eigenvalue weighted by Gasteiger charge is 2.32. The molecule has 1 saturated heterocycles. The Morgan fingerprint density at radius 1 is 1.53 bits per heavy atom. The van der Waals surface area contributed by atoms with Crippen LogP contribution in [0.4, 0.5) is 5.82 Å². The number of ether oxygens (including phenoxy) is 2. The van der Waals surface area contributed by atoms with Crippen LogP contribution >= 0.6 is 15.9 Å². The van der Waals surface area contributed by atoms with E-state index in [4.69, 9.17) is 9.47 Å². The summed E-state index contributed by atoms with van der Waals surface area (Å²) in [7, 11) is 0. The van der Waals surface area contributed by atoms with Crippen molar-refractivity contribution >= 4 is 21.7 Å². The molecule has 2 heterocycles. The van der Waals surface area contributed by atoms with Crippen LogP contribution in [-0.2, 0) is 9.47 Å². The lowest BCUT2D eigenvalue weighted by molar-refractivity contribution is -0.136. The molecule has 5 nitrogen and oxygen atoms in total. The van der Waals surface area contributed by atoms with E-state index in [1.807, 2.05) is 26.8 Å². The van der Waals surface area contributed by atoms with E-state index >= 15 is 0 Å². The van der Waals surface area contributed by atoms with Gasteiger partial charge < -0.3 is 14.8 Å². The Balaban J connectivity index is 1.90. The van der Waals surface area contributed by atoms with Crippen LogP contribution in [0.1, 0.15) is 19.7 Å². The maximum absolute atomic E-state index is 5.69. The fraction of sp³-hybridized carbons (Fsp3) is 0.636. The molecule has 17 heavy (non-hydrogen) atoms. The van der Waals surface area contributed by atoms with Crippen molar-refractivity contribution in [1.29, 1.82) is 0 Å². The molecule has 0 aliphatic carbocycles. The summed E-state index contributed by atoms with van der Waals surface area (Å²) in [6.45, 7) is 6.96. The molecule has 6 heteroatoms. The maximum atomic E-state index is 5.69. The number of hydrogen-bond acceptors (Lipinski definition) is 5. The van der Waals surface area contributed by atoms with Gasteiger partial charge >= 0.3 is 0 Å². The van der Waals surface area contributed by atoms with Crippen molar-refractivity contribution in [3.8, 4) is 0 Å². The number of aromatic nitrogens is 2. The Bertz CT molecular complexity index is 391. The number of nitrogens with one attached hydrogen (secondary N) is 1. The molecule has 1 unspecified atom stereocenters. The molecule has 1 aromatic heterocycles. The SMILES string of the molecule is Cc1nc(Br)cc(NCC2COC(C)(C)O2)n1. The van der Waals surface area contributed by atoms with Gasteiger partial charge in [0.15, 0.2) is 5.79 Å². The summed E-state index contributed by atoms with van der Waals surface area (Å²) >= 11 is 3.34. The fourth-order valence-electron chi connectivity index (χ4n) is 1.70. The highest BCUT2D eigenvalue weighted by atomic mass is 79.9. The van der Waals surface area contributed by atoms with E-state index in [0.717, 1.165) is 16.2 Å². The van der Waals surface area contributed by atoms with Gasteiger partial charge in [0.2, 0.25) is 0 Å². The van der Waals surface area contributed by atoms with Gasteiger partial charge in [-0.15, -0.1) is 0 Å².